The quantitative estimate of drug-likeness (QED) is 0.657. The van der Waals surface area contributed by atoms with E-state index < -0.39 is 10.7 Å². The van der Waals surface area contributed by atoms with Crippen molar-refractivity contribution < 1.29 is 9.31 Å². The van der Waals surface area contributed by atoms with Crippen LogP contribution in [0.5, 0.6) is 0 Å². The SMILES string of the molecule is Cn1cnc(CNc2ccc(F)cc2[N+](=O)[O-])n1. The lowest BCUT2D eigenvalue weighted by atomic mass is 10.2. The molecule has 0 fully saturated rings. The first-order chi connectivity index (χ1) is 8.56. The molecule has 0 radical (unpaired) electrons. The highest BCUT2D eigenvalue weighted by Crippen LogP contribution is 2.25. The lowest BCUT2D eigenvalue weighted by molar-refractivity contribution is -0.384. The van der Waals surface area contributed by atoms with Gasteiger partial charge < -0.3 is 5.32 Å². The molecule has 7 nitrogen and oxygen atoms in total. The summed E-state index contributed by atoms with van der Waals surface area (Å²) in [7, 11) is 1.72. The highest BCUT2D eigenvalue weighted by atomic mass is 19.1. The number of hydrogen-bond acceptors (Lipinski definition) is 5. The van der Waals surface area contributed by atoms with Crippen LogP contribution in [0.2, 0.25) is 0 Å². The van der Waals surface area contributed by atoms with E-state index in [1.165, 1.54) is 17.1 Å². The molecule has 0 aliphatic rings. The van der Waals surface area contributed by atoms with Gasteiger partial charge in [-0.05, 0) is 12.1 Å². The zero-order valence-electron chi connectivity index (χ0n) is 9.50. The second-order valence-corrected chi connectivity index (χ2v) is 3.61. The number of halogens is 1. The van der Waals surface area contributed by atoms with Crippen LogP contribution in [0.25, 0.3) is 0 Å². The molecule has 0 unspecified atom stereocenters. The summed E-state index contributed by atoms with van der Waals surface area (Å²) in [6, 6.07) is 3.34. The van der Waals surface area contributed by atoms with E-state index in [-0.39, 0.29) is 17.9 Å². The van der Waals surface area contributed by atoms with Crippen LogP contribution in [-0.4, -0.2) is 19.7 Å². The number of benzene rings is 1. The topological polar surface area (TPSA) is 85.9 Å². The normalized spacial score (nSPS) is 10.3. The van der Waals surface area contributed by atoms with E-state index in [1.54, 1.807) is 7.05 Å². The number of rotatable bonds is 4. The molecule has 0 saturated carbocycles. The molecule has 94 valence electrons. The molecule has 1 N–H and O–H groups in total. The van der Waals surface area contributed by atoms with Gasteiger partial charge in [0.1, 0.15) is 17.8 Å². The Bertz CT molecular complexity index is 583. The summed E-state index contributed by atoms with van der Waals surface area (Å²) < 4.78 is 14.4. The van der Waals surface area contributed by atoms with E-state index in [4.69, 9.17) is 0 Å². The van der Waals surface area contributed by atoms with Crippen molar-refractivity contribution in [2.45, 2.75) is 6.54 Å². The lowest BCUT2D eigenvalue weighted by Crippen LogP contribution is -2.05. The predicted octanol–water partition coefficient (Wildman–Crippen LogP) is 1.47. The Hall–Kier alpha value is -2.51. The molecule has 8 heteroatoms. The predicted molar refractivity (Wildman–Crippen MR) is 61.4 cm³/mol. The number of hydrogen-bond donors (Lipinski definition) is 1. The fourth-order valence-electron chi connectivity index (χ4n) is 1.44. The standard InChI is InChI=1S/C10H10FN5O2/c1-15-6-13-10(14-15)5-12-8-3-2-7(11)4-9(8)16(17)18/h2-4,6,12H,5H2,1H3. The Morgan fingerprint density at radius 1 is 1.56 bits per heavy atom. The number of nitro groups is 1. The largest absolute Gasteiger partial charge is 0.372 e. The van der Waals surface area contributed by atoms with Gasteiger partial charge >= 0.3 is 0 Å². The van der Waals surface area contributed by atoms with Crippen molar-refractivity contribution in [1.29, 1.82) is 0 Å². The third-order valence-corrected chi connectivity index (χ3v) is 2.24. The van der Waals surface area contributed by atoms with E-state index in [9.17, 15) is 14.5 Å². The number of anilines is 1. The Balaban J connectivity index is 2.16. The van der Waals surface area contributed by atoms with Crippen molar-refractivity contribution in [3.63, 3.8) is 0 Å². The smallest absolute Gasteiger partial charge is 0.295 e. The van der Waals surface area contributed by atoms with E-state index >= 15 is 0 Å². The van der Waals surface area contributed by atoms with Gasteiger partial charge in [0, 0.05) is 7.05 Å². The van der Waals surface area contributed by atoms with Crippen molar-refractivity contribution >= 4 is 11.4 Å². The average molecular weight is 251 g/mol. The van der Waals surface area contributed by atoms with E-state index in [1.807, 2.05) is 0 Å². The first kappa shape index (κ1) is 12.0. The fourth-order valence-corrected chi connectivity index (χ4v) is 1.44. The highest BCUT2D eigenvalue weighted by molar-refractivity contribution is 5.61. The van der Waals surface area contributed by atoms with Gasteiger partial charge in [-0.25, -0.2) is 9.37 Å². The van der Waals surface area contributed by atoms with Crippen molar-refractivity contribution in [2.24, 2.45) is 7.05 Å². The van der Waals surface area contributed by atoms with Gasteiger partial charge in [0.25, 0.3) is 5.69 Å². The molecule has 1 aromatic heterocycles. The summed E-state index contributed by atoms with van der Waals surface area (Å²) in [5, 5.41) is 17.6. The van der Waals surface area contributed by atoms with Crippen LogP contribution in [0, 0.1) is 15.9 Å². The number of nitrogens with zero attached hydrogens (tertiary/aromatic N) is 4. The molecule has 0 aliphatic heterocycles. The van der Waals surface area contributed by atoms with Crippen LogP contribution in [0.15, 0.2) is 24.5 Å². The van der Waals surface area contributed by atoms with Gasteiger partial charge in [-0.15, -0.1) is 0 Å². The summed E-state index contributed by atoms with van der Waals surface area (Å²) in [4.78, 5) is 14.1. The highest BCUT2D eigenvalue weighted by Gasteiger charge is 2.14. The van der Waals surface area contributed by atoms with Gasteiger partial charge in [-0.2, -0.15) is 5.10 Å². The molecule has 0 aliphatic carbocycles. The van der Waals surface area contributed by atoms with Gasteiger partial charge in [0.05, 0.1) is 17.5 Å². The maximum absolute atomic E-state index is 12.9. The van der Waals surface area contributed by atoms with Crippen LogP contribution in [0.3, 0.4) is 0 Å². The van der Waals surface area contributed by atoms with Crippen LogP contribution in [0.4, 0.5) is 15.8 Å². The molecular formula is C10H10FN5O2. The molecule has 0 spiro atoms. The maximum Gasteiger partial charge on any atom is 0.295 e. The molecule has 1 aromatic carbocycles. The van der Waals surface area contributed by atoms with Crippen LogP contribution < -0.4 is 5.32 Å². The molecule has 0 atom stereocenters. The zero-order chi connectivity index (χ0) is 13.1. The Kier molecular flexibility index (Phi) is 3.18. The summed E-state index contributed by atoms with van der Waals surface area (Å²) in [5.41, 5.74) is -0.0835. The van der Waals surface area contributed by atoms with Crippen LogP contribution in [0.1, 0.15) is 5.82 Å². The summed E-state index contributed by atoms with van der Waals surface area (Å²) in [5.74, 6) is -0.153. The van der Waals surface area contributed by atoms with Gasteiger partial charge in [-0.3, -0.25) is 14.8 Å². The maximum atomic E-state index is 12.9. The average Bonchev–Trinajstić information content (AvgIpc) is 2.73. The van der Waals surface area contributed by atoms with Crippen molar-refractivity contribution in [3.8, 4) is 0 Å². The third kappa shape index (κ3) is 2.59. The zero-order valence-corrected chi connectivity index (χ0v) is 9.50. The number of aromatic nitrogens is 3. The van der Waals surface area contributed by atoms with Gasteiger partial charge in [-0.1, -0.05) is 0 Å². The third-order valence-electron chi connectivity index (χ3n) is 2.24. The van der Waals surface area contributed by atoms with E-state index in [2.05, 4.69) is 15.4 Å². The fraction of sp³-hybridized carbons (Fsp3) is 0.200. The molecule has 0 saturated heterocycles. The molecular weight excluding hydrogens is 241 g/mol. The number of nitro benzene ring substituents is 1. The summed E-state index contributed by atoms with van der Waals surface area (Å²) >= 11 is 0. The summed E-state index contributed by atoms with van der Waals surface area (Å²) in [6.07, 6.45) is 1.52. The Morgan fingerprint density at radius 3 is 2.94 bits per heavy atom. The van der Waals surface area contributed by atoms with E-state index in [0.29, 0.717) is 5.82 Å². The van der Waals surface area contributed by atoms with E-state index in [0.717, 1.165) is 12.1 Å². The minimum Gasteiger partial charge on any atom is -0.372 e. The molecule has 1 heterocycles. The monoisotopic (exact) mass is 251 g/mol. The van der Waals surface area contributed by atoms with Crippen LogP contribution >= 0.6 is 0 Å². The molecule has 0 amide bonds. The minimum absolute atomic E-state index is 0.229. The first-order valence-electron chi connectivity index (χ1n) is 5.08. The number of nitrogens with one attached hydrogen (secondary N) is 1. The first-order valence-corrected chi connectivity index (χ1v) is 5.08. The van der Waals surface area contributed by atoms with Crippen molar-refractivity contribution in [1.82, 2.24) is 14.8 Å². The Morgan fingerprint density at radius 2 is 2.33 bits per heavy atom. The molecule has 0 bridgehead atoms. The molecule has 18 heavy (non-hydrogen) atoms. The van der Waals surface area contributed by atoms with Crippen molar-refractivity contribution in [3.05, 3.63) is 46.3 Å². The Labute approximate surface area is 101 Å². The second-order valence-electron chi connectivity index (χ2n) is 3.61. The second kappa shape index (κ2) is 4.78. The minimum atomic E-state index is -0.650. The van der Waals surface area contributed by atoms with Crippen LogP contribution in [-0.2, 0) is 13.6 Å². The summed E-state index contributed by atoms with van der Waals surface area (Å²) in [6.45, 7) is 0.229. The number of aryl methyl sites for hydroxylation is 1. The van der Waals surface area contributed by atoms with Gasteiger partial charge in [0.15, 0.2) is 5.82 Å². The molecule has 2 rings (SSSR count). The van der Waals surface area contributed by atoms with Gasteiger partial charge in [0.2, 0.25) is 0 Å². The molecule has 2 aromatic rings. The van der Waals surface area contributed by atoms with Crippen molar-refractivity contribution in [2.75, 3.05) is 5.32 Å². The lowest BCUT2D eigenvalue weighted by Gasteiger charge is -2.04.